The second kappa shape index (κ2) is 6.04. The molecule has 2 aromatic rings. The molecule has 0 saturated heterocycles. The lowest BCUT2D eigenvalue weighted by molar-refractivity contribution is 0.0955. The Morgan fingerprint density at radius 2 is 2.32 bits per heavy atom. The maximum absolute atomic E-state index is 11.9. The molecule has 19 heavy (non-hydrogen) atoms. The molecule has 0 aliphatic heterocycles. The lowest BCUT2D eigenvalue weighted by atomic mass is 10.1. The number of anilines is 1. The lowest BCUT2D eigenvalue weighted by Crippen LogP contribution is -2.26. The molecule has 100 valence electrons. The van der Waals surface area contributed by atoms with E-state index in [1.54, 1.807) is 29.5 Å². The number of nitrogens with two attached hydrogens (primary N) is 1. The van der Waals surface area contributed by atoms with Gasteiger partial charge in [-0.05, 0) is 25.1 Å². The van der Waals surface area contributed by atoms with Crippen molar-refractivity contribution >= 4 is 34.5 Å². The van der Waals surface area contributed by atoms with Gasteiger partial charge in [-0.2, -0.15) is 0 Å². The average Bonchev–Trinajstić information content (AvgIpc) is 2.78. The van der Waals surface area contributed by atoms with Crippen molar-refractivity contribution in [1.82, 2.24) is 10.3 Å². The summed E-state index contributed by atoms with van der Waals surface area (Å²) >= 11 is 7.44. The Hall–Kier alpha value is -1.59. The minimum absolute atomic E-state index is 0.215. The van der Waals surface area contributed by atoms with Crippen LogP contribution in [0.1, 0.15) is 21.1 Å². The molecule has 1 amide bonds. The summed E-state index contributed by atoms with van der Waals surface area (Å²) in [4.78, 5) is 16.3. The summed E-state index contributed by atoms with van der Waals surface area (Å²) in [6.45, 7) is 2.48. The number of halogens is 1. The van der Waals surface area contributed by atoms with Gasteiger partial charge in [0.1, 0.15) is 0 Å². The summed E-state index contributed by atoms with van der Waals surface area (Å²) in [5.74, 6) is -0.215. The Morgan fingerprint density at radius 3 is 3.00 bits per heavy atom. The summed E-state index contributed by atoms with van der Waals surface area (Å²) in [7, 11) is 0. The Balaban J connectivity index is 1.92. The van der Waals surface area contributed by atoms with Crippen LogP contribution in [0, 0.1) is 6.92 Å². The van der Waals surface area contributed by atoms with Crippen LogP contribution >= 0.6 is 22.9 Å². The molecule has 0 aliphatic rings. The van der Waals surface area contributed by atoms with Gasteiger partial charge in [-0.1, -0.05) is 11.6 Å². The quantitative estimate of drug-likeness (QED) is 0.852. The summed E-state index contributed by atoms with van der Waals surface area (Å²) < 4.78 is 0. The standard InChI is InChI=1S/C13H14ClN3OS/c1-8-7-19-12(17-8)4-5-16-13(18)10-6-9(14)2-3-11(10)15/h2-3,6-7H,4-5,15H2,1H3,(H,16,18). The van der Waals surface area contributed by atoms with Crippen LogP contribution in [-0.2, 0) is 6.42 Å². The van der Waals surface area contributed by atoms with E-state index in [1.165, 1.54) is 0 Å². The fourth-order valence-electron chi connectivity index (χ4n) is 1.62. The highest BCUT2D eigenvalue weighted by Crippen LogP contribution is 2.17. The fraction of sp³-hybridized carbons (Fsp3) is 0.231. The summed E-state index contributed by atoms with van der Waals surface area (Å²) in [6, 6.07) is 4.85. The Morgan fingerprint density at radius 1 is 1.53 bits per heavy atom. The molecule has 0 aliphatic carbocycles. The monoisotopic (exact) mass is 295 g/mol. The van der Waals surface area contributed by atoms with E-state index in [2.05, 4.69) is 10.3 Å². The number of hydrogen-bond acceptors (Lipinski definition) is 4. The fourth-order valence-corrected chi connectivity index (χ4v) is 2.57. The molecular formula is C13H14ClN3OS. The van der Waals surface area contributed by atoms with E-state index in [9.17, 15) is 4.79 Å². The molecular weight excluding hydrogens is 282 g/mol. The van der Waals surface area contributed by atoms with Crippen LogP contribution in [0.3, 0.4) is 0 Å². The molecule has 0 atom stereocenters. The van der Waals surface area contributed by atoms with E-state index in [1.807, 2.05) is 12.3 Å². The highest BCUT2D eigenvalue weighted by atomic mass is 35.5. The lowest BCUT2D eigenvalue weighted by Gasteiger charge is -2.07. The number of aromatic nitrogens is 1. The third-order valence-corrected chi connectivity index (χ3v) is 3.81. The molecule has 0 bridgehead atoms. The Kier molecular flexibility index (Phi) is 4.39. The molecule has 0 radical (unpaired) electrons. The van der Waals surface area contributed by atoms with Gasteiger partial charge in [0, 0.05) is 34.7 Å². The van der Waals surface area contributed by atoms with Gasteiger partial charge in [0.05, 0.1) is 10.6 Å². The summed E-state index contributed by atoms with van der Waals surface area (Å²) in [5.41, 5.74) is 7.58. The first-order chi connectivity index (χ1) is 9.06. The van der Waals surface area contributed by atoms with E-state index in [0.717, 1.165) is 10.7 Å². The highest BCUT2D eigenvalue weighted by Gasteiger charge is 2.10. The minimum Gasteiger partial charge on any atom is -0.398 e. The van der Waals surface area contributed by atoms with Gasteiger partial charge in [0.15, 0.2) is 0 Å². The van der Waals surface area contributed by atoms with Gasteiger partial charge in [-0.3, -0.25) is 4.79 Å². The molecule has 0 saturated carbocycles. The van der Waals surface area contributed by atoms with Crippen LogP contribution in [-0.4, -0.2) is 17.4 Å². The third kappa shape index (κ3) is 3.68. The maximum Gasteiger partial charge on any atom is 0.253 e. The third-order valence-electron chi connectivity index (χ3n) is 2.55. The maximum atomic E-state index is 11.9. The number of carbonyl (C=O) groups excluding carboxylic acids is 1. The SMILES string of the molecule is Cc1csc(CCNC(=O)c2cc(Cl)ccc2N)n1. The minimum atomic E-state index is -0.215. The van der Waals surface area contributed by atoms with Crippen molar-refractivity contribution < 1.29 is 4.79 Å². The first-order valence-corrected chi connectivity index (χ1v) is 7.06. The molecule has 3 N–H and O–H groups in total. The van der Waals surface area contributed by atoms with Crippen LogP contribution in [0.5, 0.6) is 0 Å². The van der Waals surface area contributed by atoms with Gasteiger partial charge in [0.2, 0.25) is 0 Å². The zero-order chi connectivity index (χ0) is 13.8. The van der Waals surface area contributed by atoms with Crippen molar-refractivity contribution in [2.45, 2.75) is 13.3 Å². The number of benzene rings is 1. The second-order valence-electron chi connectivity index (χ2n) is 4.12. The first kappa shape index (κ1) is 13.8. The zero-order valence-electron chi connectivity index (χ0n) is 10.4. The summed E-state index contributed by atoms with van der Waals surface area (Å²) in [6.07, 6.45) is 0.713. The molecule has 1 aromatic heterocycles. The first-order valence-electron chi connectivity index (χ1n) is 5.80. The zero-order valence-corrected chi connectivity index (χ0v) is 12.0. The Bertz CT molecular complexity index is 597. The second-order valence-corrected chi connectivity index (χ2v) is 5.50. The largest absolute Gasteiger partial charge is 0.398 e. The van der Waals surface area contributed by atoms with Crippen molar-refractivity contribution in [3.8, 4) is 0 Å². The van der Waals surface area contributed by atoms with E-state index in [0.29, 0.717) is 29.2 Å². The number of carbonyl (C=O) groups is 1. The van der Waals surface area contributed by atoms with Crippen LogP contribution in [0.25, 0.3) is 0 Å². The highest BCUT2D eigenvalue weighted by molar-refractivity contribution is 7.09. The van der Waals surface area contributed by atoms with Crippen LogP contribution in [0.2, 0.25) is 5.02 Å². The van der Waals surface area contributed by atoms with E-state index >= 15 is 0 Å². The van der Waals surface area contributed by atoms with Gasteiger partial charge in [-0.25, -0.2) is 4.98 Å². The van der Waals surface area contributed by atoms with Crippen LogP contribution in [0.15, 0.2) is 23.6 Å². The molecule has 0 fully saturated rings. The van der Waals surface area contributed by atoms with Gasteiger partial charge < -0.3 is 11.1 Å². The summed E-state index contributed by atoms with van der Waals surface area (Å²) in [5, 5.41) is 6.31. The van der Waals surface area contributed by atoms with Gasteiger partial charge in [0.25, 0.3) is 5.91 Å². The van der Waals surface area contributed by atoms with Gasteiger partial charge >= 0.3 is 0 Å². The van der Waals surface area contributed by atoms with Crippen molar-refractivity contribution in [2.75, 3.05) is 12.3 Å². The molecule has 1 heterocycles. The Labute approximate surface area is 120 Å². The van der Waals surface area contributed by atoms with Crippen molar-refractivity contribution in [3.05, 3.63) is 44.9 Å². The van der Waals surface area contributed by atoms with Crippen LogP contribution < -0.4 is 11.1 Å². The number of thiazole rings is 1. The van der Waals surface area contributed by atoms with Crippen molar-refractivity contribution in [3.63, 3.8) is 0 Å². The van der Waals surface area contributed by atoms with Gasteiger partial charge in [-0.15, -0.1) is 11.3 Å². The average molecular weight is 296 g/mol. The number of amides is 1. The topological polar surface area (TPSA) is 68.0 Å². The normalized spacial score (nSPS) is 10.4. The molecule has 1 aromatic carbocycles. The van der Waals surface area contributed by atoms with E-state index < -0.39 is 0 Å². The smallest absolute Gasteiger partial charge is 0.253 e. The van der Waals surface area contributed by atoms with E-state index in [-0.39, 0.29) is 5.91 Å². The number of nitrogens with zero attached hydrogens (tertiary/aromatic N) is 1. The van der Waals surface area contributed by atoms with E-state index in [4.69, 9.17) is 17.3 Å². The molecule has 0 unspecified atom stereocenters. The molecule has 4 nitrogen and oxygen atoms in total. The number of hydrogen-bond donors (Lipinski definition) is 2. The number of aryl methyl sites for hydroxylation is 1. The molecule has 2 rings (SSSR count). The van der Waals surface area contributed by atoms with Crippen molar-refractivity contribution in [2.24, 2.45) is 0 Å². The number of nitrogens with one attached hydrogen (secondary N) is 1. The predicted molar refractivity (Wildman–Crippen MR) is 78.8 cm³/mol. The number of nitrogen functional groups attached to an aromatic ring is 1. The molecule has 0 spiro atoms. The van der Waals surface area contributed by atoms with Crippen LogP contribution in [0.4, 0.5) is 5.69 Å². The molecule has 6 heteroatoms. The number of rotatable bonds is 4. The predicted octanol–water partition coefficient (Wildman–Crippen LogP) is 2.66. The van der Waals surface area contributed by atoms with Crippen molar-refractivity contribution in [1.29, 1.82) is 0 Å².